The molecule has 1 N–H and O–H groups in total. The number of hydrogen-bond acceptors (Lipinski definition) is 5. The van der Waals surface area contributed by atoms with E-state index in [4.69, 9.17) is 14.6 Å². The molecule has 142 valence electrons. The van der Waals surface area contributed by atoms with Gasteiger partial charge in [0.05, 0.1) is 6.42 Å². The molecule has 1 amide bonds. The first-order valence-electron chi connectivity index (χ1n) is 8.33. The summed E-state index contributed by atoms with van der Waals surface area (Å²) in [5.41, 5.74) is 1.54. The number of carbonyl (C=O) groups is 3. The first-order valence-corrected chi connectivity index (χ1v) is 8.33. The Kier molecular flexibility index (Phi) is 7.37. The highest BCUT2D eigenvalue weighted by molar-refractivity contribution is 5.85. The van der Waals surface area contributed by atoms with Crippen molar-refractivity contribution in [2.24, 2.45) is 0 Å². The van der Waals surface area contributed by atoms with Gasteiger partial charge in [0.1, 0.15) is 19.3 Å². The Labute approximate surface area is 157 Å². The van der Waals surface area contributed by atoms with Crippen LogP contribution in [0.15, 0.2) is 60.7 Å². The highest BCUT2D eigenvalue weighted by Gasteiger charge is 2.31. The second-order valence-electron chi connectivity index (χ2n) is 5.86. The average molecular weight is 371 g/mol. The van der Waals surface area contributed by atoms with E-state index in [-0.39, 0.29) is 13.2 Å². The highest BCUT2D eigenvalue weighted by atomic mass is 16.6. The number of carboxylic acid groups (broad SMARTS) is 1. The number of benzene rings is 2. The number of ether oxygens (including phenoxy) is 2. The zero-order valence-corrected chi connectivity index (χ0v) is 14.9. The van der Waals surface area contributed by atoms with E-state index in [1.165, 1.54) is 7.05 Å². The molecule has 2 aromatic carbocycles. The monoisotopic (exact) mass is 371 g/mol. The lowest BCUT2D eigenvalue weighted by Gasteiger charge is -2.24. The Morgan fingerprint density at radius 1 is 0.889 bits per heavy atom. The van der Waals surface area contributed by atoms with Crippen LogP contribution in [-0.2, 0) is 32.3 Å². The van der Waals surface area contributed by atoms with Crippen LogP contribution in [0.5, 0.6) is 0 Å². The van der Waals surface area contributed by atoms with E-state index >= 15 is 0 Å². The van der Waals surface area contributed by atoms with Crippen LogP contribution in [0.3, 0.4) is 0 Å². The topological polar surface area (TPSA) is 93.1 Å². The van der Waals surface area contributed by atoms with Crippen molar-refractivity contribution in [1.82, 2.24) is 4.90 Å². The zero-order valence-electron chi connectivity index (χ0n) is 14.9. The largest absolute Gasteiger partial charge is 0.481 e. The van der Waals surface area contributed by atoms with Crippen LogP contribution >= 0.6 is 0 Å². The quantitative estimate of drug-likeness (QED) is 0.717. The maximum Gasteiger partial charge on any atom is 0.410 e. The van der Waals surface area contributed by atoms with Crippen LogP contribution < -0.4 is 0 Å². The van der Waals surface area contributed by atoms with E-state index in [0.717, 1.165) is 16.0 Å². The van der Waals surface area contributed by atoms with Crippen molar-refractivity contribution in [3.05, 3.63) is 71.8 Å². The van der Waals surface area contributed by atoms with Gasteiger partial charge >= 0.3 is 18.0 Å². The molecule has 0 saturated carbocycles. The molecule has 1 atom stereocenters. The number of amides is 1. The normalized spacial score (nSPS) is 11.3. The molecule has 0 spiro atoms. The Morgan fingerprint density at radius 2 is 1.37 bits per heavy atom. The summed E-state index contributed by atoms with van der Waals surface area (Å²) in [4.78, 5) is 36.6. The van der Waals surface area contributed by atoms with Gasteiger partial charge in [-0.2, -0.15) is 0 Å². The van der Waals surface area contributed by atoms with Gasteiger partial charge in [0.15, 0.2) is 0 Å². The molecule has 7 heteroatoms. The summed E-state index contributed by atoms with van der Waals surface area (Å²) >= 11 is 0. The van der Waals surface area contributed by atoms with Gasteiger partial charge in [-0.05, 0) is 11.1 Å². The molecular formula is C20H21NO6. The number of hydrogen-bond donors (Lipinski definition) is 1. The number of carbonyl (C=O) groups excluding carboxylic acids is 2. The molecular weight excluding hydrogens is 350 g/mol. The second kappa shape index (κ2) is 9.96. The molecule has 0 saturated heterocycles. The van der Waals surface area contributed by atoms with Crippen molar-refractivity contribution in [2.45, 2.75) is 25.7 Å². The second-order valence-corrected chi connectivity index (χ2v) is 5.86. The van der Waals surface area contributed by atoms with Crippen molar-refractivity contribution in [1.29, 1.82) is 0 Å². The molecule has 27 heavy (non-hydrogen) atoms. The number of rotatable bonds is 8. The Bertz CT molecular complexity index is 763. The molecule has 0 aliphatic rings. The minimum absolute atomic E-state index is 0.0112. The van der Waals surface area contributed by atoms with Gasteiger partial charge in [-0.25, -0.2) is 9.59 Å². The fourth-order valence-corrected chi connectivity index (χ4v) is 2.32. The summed E-state index contributed by atoms with van der Waals surface area (Å²) < 4.78 is 10.3. The molecule has 0 fully saturated rings. The van der Waals surface area contributed by atoms with Gasteiger partial charge in [-0.3, -0.25) is 9.69 Å². The summed E-state index contributed by atoms with van der Waals surface area (Å²) in [6, 6.07) is 16.7. The van der Waals surface area contributed by atoms with Gasteiger partial charge in [0.25, 0.3) is 0 Å². The lowest BCUT2D eigenvalue weighted by atomic mass is 10.2. The third kappa shape index (κ3) is 6.47. The fraction of sp³-hybridized carbons (Fsp3) is 0.250. The van der Waals surface area contributed by atoms with Crippen molar-refractivity contribution < 1.29 is 29.0 Å². The molecule has 0 aliphatic carbocycles. The molecule has 0 bridgehead atoms. The summed E-state index contributed by atoms with van der Waals surface area (Å²) in [5, 5.41) is 9.07. The maximum absolute atomic E-state index is 12.3. The standard InChI is InChI=1S/C20H21NO6/c1-21(20(25)27-14-16-10-6-3-7-11-16)17(12-18(22)23)19(24)26-13-15-8-4-2-5-9-15/h2-11,17H,12-14H2,1H3,(H,22,23)/t17-/m0/s1. The van der Waals surface area contributed by atoms with Crippen LogP contribution in [0.4, 0.5) is 4.79 Å². The van der Waals surface area contributed by atoms with Gasteiger partial charge in [0, 0.05) is 7.05 Å². The van der Waals surface area contributed by atoms with E-state index in [0.29, 0.717) is 0 Å². The molecule has 2 aromatic rings. The maximum atomic E-state index is 12.3. The van der Waals surface area contributed by atoms with Gasteiger partial charge < -0.3 is 14.6 Å². The predicted octanol–water partition coefficient (Wildman–Crippen LogP) is 2.84. The summed E-state index contributed by atoms with van der Waals surface area (Å²) in [5.74, 6) is -2.03. The molecule has 0 aliphatic heterocycles. The first-order chi connectivity index (χ1) is 13.0. The van der Waals surface area contributed by atoms with Crippen LogP contribution in [0, 0.1) is 0 Å². The summed E-state index contributed by atoms with van der Waals surface area (Å²) in [7, 11) is 1.31. The van der Waals surface area contributed by atoms with Crippen molar-refractivity contribution in [3.63, 3.8) is 0 Å². The number of carboxylic acids is 1. The third-order valence-electron chi connectivity index (χ3n) is 3.82. The number of esters is 1. The molecule has 0 radical (unpaired) electrons. The first kappa shape index (κ1) is 20.0. The SMILES string of the molecule is CN(C(=O)OCc1ccccc1)[C@@H](CC(=O)O)C(=O)OCc1ccccc1. The van der Waals surface area contributed by atoms with Crippen LogP contribution in [0.2, 0.25) is 0 Å². The highest BCUT2D eigenvalue weighted by Crippen LogP contribution is 2.11. The third-order valence-corrected chi connectivity index (χ3v) is 3.82. The van der Waals surface area contributed by atoms with Crippen molar-refractivity contribution in [2.75, 3.05) is 7.05 Å². The lowest BCUT2D eigenvalue weighted by Crippen LogP contribution is -2.44. The van der Waals surface area contributed by atoms with E-state index in [9.17, 15) is 14.4 Å². The zero-order chi connectivity index (χ0) is 19.6. The smallest absolute Gasteiger partial charge is 0.410 e. The number of nitrogens with zero attached hydrogens (tertiary/aromatic N) is 1. The van der Waals surface area contributed by atoms with Gasteiger partial charge in [-0.15, -0.1) is 0 Å². The fourth-order valence-electron chi connectivity index (χ4n) is 2.32. The van der Waals surface area contributed by atoms with Gasteiger partial charge in [-0.1, -0.05) is 60.7 Å². The minimum Gasteiger partial charge on any atom is -0.481 e. The minimum atomic E-state index is -1.28. The van der Waals surface area contributed by atoms with Crippen LogP contribution in [-0.4, -0.2) is 41.1 Å². The number of aliphatic carboxylic acids is 1. The van der Waals surface area contributed by atoms with Gasteiger partial charge in [0.2, 0.25) is 0 Å². The predicted molar refractivity (Wildman–Crippen MR) is 96.7 cm³/mol. The van der Waals surface area contributed by atoms with E-state index in [2.05, 4.69) is 0 Å². The molecule has 2 rings (SSSR count). The lowest BCUT2D eigenvalue weighted by molar-refractivity contribution is -0.154. The van der Waals surface area contributed by atoms with E-state index < -0.39 is 30.5 Å². The molecule has 0 aromatic heterocycles. The van der Waals surface area contributed by atoms with Crippen molar-refractivity contribution in [3.8, 4) is 0 Å². The Hall–Kier alpha value is -3.35. The number of likely N-dealkylation sites (N-methyl/N-ethyl adjacent to an activating group) is 1. The Balaban J connectivity index is 1.96. The summed E-state index contributed by atoms with van der Waals surface area (Å²) in [6.45, 7) is 0.00552. The molecule has 0 unspecified atom stereocenters. The van der Waals surface area contributed by atoms with Crippen LogP contribution in [0.25, 0.3) is 0 Å². The van der Waals surface area contributed by atoms with E-state index in [1.54, 1.807) is 48.5 Å². The van der Waals surface area contributed by atoms with Crippen LogP contribution in [0.1, 0.15) is 17.5 Å². The molecule has 7 nitrogen and oxygen atoms in total. The van der Waals surface area contributed by atoms with Crippen molar-refractivity contribution >= 4 is 18.0 Å². The average Bonchev–Trinajstić information content (AvgIpc) is 2.69. The van der Waals surface area contributed by atoms with E-state index in [1.807, 2.05) is 12.1 Å². The molecule has 0 heterocycles. The summed E-state index contributed by atoms with van der Waals surface area (Å²) in [6.07, 6.45) is -1.38. The Morgan fingerprint density at radius 3 is 1.85 bits per heavy atom.